The molecule has 0 spiro atoms. The van der Waals surface area contributed by atoms with Crippen LogP contribution in [0.3, 0.4) is 0 Å². The number of hydrogen-bond donors (Lipinski definition) is 1. The van der Waals surface area contributed by atoms with Crippen LogP contribution in [-0.2, 0) is 0 Å². The maximum atomic E-state index is 12.2. The van der Waals surface area contributed by atoms with E-state index in [2.05, 4.69) is 5.32 Å². The van der Waals surface area contributed by atoms with E-state index in [9.17, 15) is 9.59 Å². The van der Waals surface area contributed by atoms with Crippen LogP contribution in [-0.4, -0.2) is 5.91 Å². The largest absolute Gasteiger partial charge is 0.417 e. The molecule has 0 radical (unpaired) electrons. The van der Waals surface area contributed by atoms with Gasteiger partial charge in [0, 0.05) is 5.69 Å². The number of benzene rings is 2. The first-order chi connectivity index (χ1) is 11.1. The Morgan fingerprint density at radius 1 is 1.17 bits per heavy atom. The van der Waals surface area contributed by atoms with Gasteiger partial charge in [-0.25, -0.2) is 4.79 Å². The molecule has 3 rings (SSSR count). The topological polar surface area (TPSA) is 83.1 Å². The molecule has 0 saturated carbocycles. The van der Waals surface area contributed by atoms with Gasteiger partial charge >= 0.3 is 5.63 Å². The van der Waals surface area contributed by atoms with E-state index >= 15 is 0 Å². The van der Waals surface area contributed by atoms with Crippen molar-refractivity contribution in [2.45, 2.75) is 0 Å². The van der Waals surface area contributed by atoms with E-state index in [4.69, 9.17) is 21.3 Å². The second kappa shape index (κ2) is 5.95. The number of rotatable bonds is 2. The van der Waals surface area contributed by atoms with Gasteiger partial charge in [-0.05, 0) is 35.7 Å². The van der Waals surface area contributed by atoms with Crippen molar-refractivity contribution in [3.05, 3.63) is 75.3 Å². The van der Waals surface area contributed by atoms with E-state index in [1.807, 2.05) is 6.07 Å². The fourth-order valence-corrected chi connectivity index (χ4v) is 2.29. The number of carbonyl (C=O) groups is 1. The molecule has 0 aliphatic rings. The molecular formula is C17H9ClN2O3. The summed E-state index contributed by atoms with van der Waals surface area (Å²) >= 11 is 5.84. The van der Waals surface area contributed by atoms with Gasteiger partial charge in [-0.1, -0.05) is 29.8 Å². The highest BCUT2D eigenvalue weighted by Crippen LogP contribution is 2.20. The predicted molar refractivity (Wildman–Crippen MR) is 86.6 cm³/mol. The average molecular weight is 325 g/mol. The van der Waals surface area contributed by atoms with Crippen LogP contribution in [0.5, 0.6) is 0 Å². The van der Waals surface area contributed by atoms with Crippen LogP contribution in [0.15, 0.2) is 57.7 Å². The predicted octanol–water partition coefficient (Wildman–Crippen LogP) is 3.57. The van der Waals surface area contributed by atoms with Crippen LogP contribution in [0, 0.1) is 11.3 Å². The van der Waals surface area contributed by atoms with E-state index in [0.29, 0.717) is 21.5 Å². The van der Waals surface area contributed by atoms with Gasteiger partial charge in [0.2, 0.25) is 0 Å². The van der Waals surface area contributed by atoms with Crippen molar-refractivity contribution in [2.24, 2.45) is 0 Å². The van der Waals surface area contributed by atoms with Crippen molar-refractivity contribution >= 4 is 34.0 Å². The second-order valence-electron chi connectivity index (χ2n) is 4.75. The fraction of sp³-hybridized carbons (Fsp3) is 0. The number of nitrogens with one attached hydrogen (secondary N) is 1. The Kier molecular flexibility index (Phi) is 3.83. The number of anilines is 1. The molecule has 112 valence electrons. The van der Waals surface area contributed by atoms with Crippen LogP contribution in [0.1, 0.15) is 16.1 Å². The van der Waals surface area contributed by atoms with Gasteiger partial charge in [-0.15, -0.1) is 0 Å². The third-order valence-corrected chi connectivity index (χ3v) is 3.57. The Morgan fingerprint density at radius 3 is 2.74 bits per heavy atom. The highest BCUT2D eigenvalue weighted by Gasteiger charge is 2.13. The molecular weight excluding hydrogens is 316 g/mol. The van der Waals surface area contributed by atoms with Gasteiger partial charge in [0.15, 0.2) is 5.76 Å². The molecule has 23 heavy (non-hydrogen) atoms. The van der Waals surface area contributed by atoms with Crippen molar-refractivity contribution < 1.29 is 9.21 Å². The van der Waals surface area contributed by atoms with E-state index in [0.717, 1.165) is 0 Å². The summed E-state index contributed by atoms with van der Waals surface area (Å²) in [6.45, 7) is 0. The molecule has 0 atom stereocenters. The number of halogens is 1. The molecule has 0 aliphatic heterocycles. The van der Waals surface area contributed by atoms with Gasteiger partial charge in [0.05, 0.1) is 16.0 Å². The fourth-order valence-electron chi connectivity index (χ4n) is 2.13. The van der Waals surface area contributed by atoms with Crippen molar-refractivity contribution in [1.82, 2.24) is 0 Å². The molecule has 1 heterocycles. The second-order valence-corrected chi connectivity index (χ2v) is 5.15. The van der Waals surface area contributed by atoms with Gasteiger partial charge in [0.25, 0.3) is 5.91 Å². The zero-order valence-electron chi connectivity index (χ0n) is 11.7. The zero-order valence-corrected chi connectivity index (χ0v) is 12.4. The van der Waals surface area contributed by atoms with E-state index in [1.165, 1.54) is 18.2 Å². The maximum Gasteiger partial charge on any atom is 0.344 e. The van der Waals surface area contributed by atoms with Crippen molar-refractivity contribution in [3.63, 3.8) is 0 Å². The Bertz CT molecular complexity index is 1020. The number of hydrogen-bond acceptors (Lipinski definition) is 4. The molecule has 6 heteroatoms. The quantitative estimate of drug-likeness (QED) is 0.781. The smallest absolute Gasteiger partial charge is 0.344 e. The van der Waals surface area contributed by atoms with Crippen molar-refractivity contribution in [2.75, 3.05) is 5.32 Å². The molecule has 1 aromatic heterocycles. The van der Waals surface area contributed by atoms with Crippen molar-refractivity contribution in [3.8, 4) is 6.07 Å². The summed E-state index contributed by atoms with van der Waals surface area (Å²) < 4.78 is 5.05. The summed E-state index contributed by atoms with van der Waals surface area (Å²) in [4.78, 5) is 24.1. The lowest BCUT2D eigenvalue weighted by molar-refractivity contribution is 0.0993. The first-order valence-corrected chi connectivity index (χ1v) is 7.00. The molecule has 0 unspecified atom stereocenters. The van der Waals surface area contributed by atoms with Crippen LogP contribution in [0.4, 0.5) is 5.69 Å². The number of amides is 1. The normalized spacial score (nSPS) is 10.3. The van der Waals surface area contributed by atoms with Crippen LogP contribution in [0.2, 0.25) is 5.02 Å². The molecule has 0 bridgehead atoms. The summed E-state index contributed by atoms with van der Waals surface area (Å²) in [5, 5.41) is 12.8. The lowest BCUT2D eigenvalue weighted by Gasteiger charge is -2.06. The minimum absolute atomic E-state index is 0.109. The molecule has 0 saturated heterocycles. The number of nitrogens with zero attached hydrogens (tertiary/aromatic N) is 1. The Labute approximate surface area is 135 Å². The van der Waals surface area contributed by atoms with E-state index in [-0.39, 0.29) is 11.3 Å². The van der Waals surface area contributed by atoms with E-state index < -0.39 is 11.5 Å². The Morgan fingerprint density at radius 2 is 1.96 bits per heavy atom. The molecule has 1 amide bonds. The summed E-state index contributed by atoms with van der Waals surface area (Å²) in [6.07, 6.45) is 0. The maximum absolute atomic E-state index is 12.2. The van der Waals surface area contributed by atoms with Crippen LogP contribution in [0.25, 0.3) is 10.8 Å². The number of fused-ring (bicyclic) bond motifs is 1. The van der Waals surface area contributed by atoms with Gasteiger partial charge in [-0.2, -0.15) is 5.26 Å². The SMILES string of the molecule is N#Cc1cc(NC(=O)c2cc3ccccc3c(=O)o2)ccc1Cl. The number of nitriles is 1. The first kappa shape index (κ1) is 14.8. The van der Waals surface area contributed by atoms with Gasteiger partial charge in [0.1, 0.15) is 6.07 Å². The highest BCUT2D eigenvalue weighted by molar-refractivity contribution is 6.31. The molecule has 0 aliphatic carbocycles. The summed E-state index contributed by atoms with van der Waals surface area (Å²) in [6, 6.07) is 14.8. The monoisotopic (exact) mass is 324 g/mol. The molecule has 1 N–H and O–H groups in total. The first-order valence-electron chi connectivity index (χ1n) is 6.62. The summed E-state index contributed by atoms with van der Waals surface area (Å²) in [7, 11) is 0. The Hall–Kier alpha value is -3.10. The standard InChI is InChI=1S/C17H9ClN2O3/c18-14-6-5-12(7-11(14)9-19)20-16(21)15-8-10-3-1-2-4-13(10)17(22)23-15/h1-8H,(H,20,21). The molecule has 2 aromatic carbocycles. The molecule has 3 aromatic rings. The van der Waals surface area contributed by atoms with Crippen LogP contribution < -0.4 is 10.9 Å². The van der Waals surface area contributed by atoms with Crippen molar-refractivity contribution in [1.29, 1.82) is 5.26 Å². The molecule has 5 nitrogen and oxygen atoms in total. The minimum atomic E-state index is -0.584. The third kappa shape index (κ3) is 2.93. The number of carbonyl (C=O) groups excluding carboxylic acids is 1. The molecule has 0 fully saturated rings. The van der Waals surface area contributed by atoms with Gasteiger partial charge in [-0.3, -0.25) is 4.79 Å². The summed E-state index contributed by atoms with van der Waals surface area (Å²) in [5.74, 6) is -0.693. The van der Waals surface area contributed by atoms with E-state index in [1.54, 1.807) is 30.3 Å². The Balaban J connectivity index is 1.95. The lowest BCUT2D eigenvalue weighted by Crippen LogP contribution is -2.15. The minimum Gasteiger partial charge on any atom is -0.417 e. The van der Waals surface area contributed by atoms with Crippen LogP contribution >= 0.6 is 11.6 Å². The lowest BCUT2D eigenvalue weighted by atomic mass is 10.1. The highest BCUT2D eigenvalue weighted by atomic mass is 35.5. The van der Waals surface area contributed by atoms with Gasteiger partial charge < -0.3 is 9.73 Å². The summed E-state index contributed by atoms with van der Waals surface area (Å²) in [5.41, 5.74) is 0.0401. The zero-order chi connectivity index (χ0) is 16.4. The average Bonchev–Trinajstić information content (AvgIpc) is 2.56. The third-order valence-electron chi connectivity index (χ3n) is 3.24.